The van der Waals surface area contributed by atoms with E-state index in [2.05, 4.69) is 17.9 Å². The Labute approximate surface area is 404 Å². The number of aryl methyl sites for hydroxylation is 1. The van der Waals surface area contributed by atoms with E-state index >= 15 is 0 Å². The van der Waals surface area contributed by atoms with Crippen LogP contribution in [0, 0.1) is 12.8 Å². The van der Waals surface area contributed by atoms with Gasteiger partial charge in [-0.05, 0) is 144 Å². The zero-order valence-corrected chi connectivity index (χ0v) is 40.6. The second-order valence-electron chi connectivity index (χ2n) is 18.0. The van der Waals surface area contributed by atoms with Gasteiger partial charge in [-0.2, -0.15) is 21.0 Å². The van der Waals surface area contributed by atoms with Gasteiger partial charge in [-0.3, -0.25) is 18.6 Å². The van der Waals surface area contributed by atoms with Crippen LogP contribution in [0.3, 0.4) is 0 Å². The molecule has 17 heteroatoms. The summed E-state index contributed by atoms with van der Waals surface area (Å²) in [6.07, 6.45) is 2.18. The third-order valence-corrected chi connectivity index (χ3v) is 16.1. The molecule has 0 aliphatic carbocycles. The third kappa shape index (κ3) is 9.38. The molecule has 0 spiro atoms. The monoisotopic (exact) mass is 979 g/mol. The van der Waals surface area contributed by atoms with Crippen LogP contribution in [0.2, 0.25) is 0 Å². The number of carbonyl (C=O) groups excluding carboxylic acids is 3. The fourth-order valence-electron chi connectivity index (χ4n) is 10.2. The van der Waals surface area contributed by atoms with Crippen LogP contribution in [0.1, 0.15) is 79.4 Å². The van der Waals surface area contributed by atoms with Crippen LogP contribution in [0.4, 0.5) is 17.1 Å². The van der Waals surface area contributed by atoms with Gasteiger partial charge in [-0.1, -0.05) is 43.3 Å². The number of para-hydroxylation sites is 2. The van der Waals surface area contributed by atoms with Gasteiger partial charge in [0.15, 0.2) is 22.6 Å². The lowest BCUT2D eigenvalue weighted by Crippen LogP contribution is -2.47. The molecule has 4 heterocycles. The number of amides is 3. The molecule has 68 heavy (non-hydrogen) atoms. The molecule has 9 rings (SSSR count). The summed E-state index contributed by atoms with van der Waals surface area (Å²) < 4.78 is 73.2. The molecule has 5 aromatic carbocycles. The topological polar surface area (TPSA) is 178 Å². The van der Waals surface area contributed by atoms with Gasteiger partial charge >= 0.3 is 0 Å². The van der Waals surface area contributed by atoms with E-state index in [9.17, 15) is 31.6 Å². The van der Waals surface area contributed by atoms with Gasteiger partial charge in [0.1, 0.15) is 24.2 Å². The van der Waals surface area contributed by atoms with Gasteiger partial charge in [0.05, 0.1) is 26.0 Å². The summed E-state index contributed by atoms with van der Waals surface area (Å²) >= 11 is 2.34. The standard InChI is InChI=1S/C51H53N3O11S3/c1-29-15-39-36(24-48(68(60,61)63-4)44-21-34-10-6-8-12-42(34)54(44)50(39)56)22-45(29)64-26-31-16-32(18-38(17-31)52-49(55)14-13-30(2)66)27-65-47-23-35-19-37(28-67(58)59)43-20-33-9-5-7-11-41(33)53(43)51(57)40(35)25-46(47)62-3/h5-12,15-18,22-23,25,30,37,43-44,48,66H,13-14,19-21,24,26-28H2,1-4H3,(H,52,55)(H,58,59)/t30?,37?,43-,44-,48?/m0/s1. The average Bonchev–Trinajstić information content (AvgIpc) is 3.84. The normalized spacial score (nSPS) is 20.1. The van der Waals surface area contributed by atoms with E-state index in [-0.39, 0.29) is 66.7 Å². The minimum absolute atomic E-state index is 0.00615. The van der Waals surface area contributed by atoms with Crippen LogP contribution in [0.25, 0.3) is 0 Å². The number of benzene rings is 5. The number of rotatable bonds is 15. The maximum absolute atomic E-state index is 14.3. The Bertz CT molecular complexity index is 2960. The summed E-state index contributed by atoms with van der Waals surface area (Å²) in [5.74, 6) is 0.149. The van der Waals surface area contributed by atoms with Gasteiger partial charge in [0.25, 0.3) is 21.9 Å². The molecule has 4 aliphatic heterocycles. The number of anilines is 3. The smallest absolute Gasteiger partial charge is 0.272 e. The molecule has 0 fully saturated rings. The van der Waals surface area contributed by atoms with Crippen molar-refractivity contribution in [2.24, 2.45) is 5.92 Å². The highest BCUT2D eigenvalue weighted by Crippen LogP contribution is 2.44. The molecule has 4 unspecified atom stereocenters. The maximum atomic E-state index is 14.3. The van der Waals surface area contributed by atoms with Crippen LogP contribution < -0.4 is 29.3 Å². The third-order valence-electron chi connectivity index (χ3n) is 13.5. The van der Waals surface area contributed by atoms with E-state index in [0.717, 1.165) is 23.9 Å². The number of carbonyl (C=O) groups is 3. The van der Waals surface area contributed by atoms with Gasteiger partial charge in [-0.15, -0.1) is 0 Å². The molecule has 14 nitrogen and oxygen atoms in total. The van der Waals surface area contributed by atoms with Crippen LogP contribution >= 0.6 is 12.6 Å². The highest BCUT2D eigenvalue weighted by atomic mass is 32.2. The van der Waals surface area contributed by atoms with Crippen molar-refractivity contribution in [3.05, 3.63) is 141 Å². The first-order chi connectivity index (χ1) is 32.6. The Morgan fingerprint density at radius 1 is 0.779 bits per heavy atom. The van der Waals surface area contributed by atoms with Crippen molar-refractivity contribution in [1.29, 1.82) is 0 Å². The molecule has 0 bridgehead atoms. The van der Waals surface area contributed by atoms with Crippen LogP contribution in [0.5, 0.6) is 17.2 Å². The number of thiol groups is 1. The van der Waals surface area contributed by atoms with Crippen molar-refractivity contribution in [1.82, 2.24) is 0 Å². The van der Waals surface area contributed by atoms with Gasteiger partial charge in [-0.25, -0.2) is 4.21 Å². The lowest BCUT2D eigenvalue weighted by molar-refractivity contribution is -0.116. The first-order valence-corrected chi connectivity index (χ1v) is 25.8. The Morgan fingerprint density at radius 3 is 1.97 bits per heavy atom. The largest absolute Gasteiger partial charge is 0.493 e. The summed E-state index contributed by atoms with van der Waals surface area (Å²) in [7, 11) is -1.44. The number of hydrogen-bond donors (Lipinski definition) is 3. The molecular formula is C51H53N3O11S3. The molecule has 0 radical (unpaired) electrons. The number of nitrogens with zero attached hydrogens (tertiary/aromatic N) is 2. The number of hydrogen-bond acceptors (Lipinski definition) is 11. The number of ether oxygens (including phenoxy) is 3. The summed E-state index contributed by atoms with van der Waals surface area (Å²) in [6.45, 7) is 3.82. The van der Waals surface area contributed by atoms with E-state index in [4.69, 9.17) is 18.4 Å². The Balaban J connectivity index is 1.00. The zero-order chi connectivity index (χ0) is 48.0. The van der Waals surface area contributed by atoms with Crippen molar-refractivity contribution in [3.63, 3.8) is 0 Å². The van der Waals surface area contributed by atoms with Crippen molar-refractivity contribution < 1.29 is 50.0 Å². The highest BCUT2D eigenvalue weighted by molar-refractivity contribution is 7.87. The Hall–Kier alpha value is -5.72. The minimum Gasteiger partial charge on any atom is -0.493 e. The molecule has 5 aromatic rings. The predicted molar refractivity (Wildman–Crippen MR) is 263 cm³/mol. The van der Waals surface area contributed by atoms with Gasteiger partial charge in [0, 0.05) is 40.7 Å². The summed E-state index contributed by atoms with van der Waals surface area (Å²) in [6, 6.07) is 26.7. The van der Waals surface area contributed by atoms with Gasteiger partial charge in [0.2, 0.25) is 5.91 Å². The average molecular weight is 980 g/mol. The van der Waals surface area contributed by atoms with E-state index in [1.807, 2.05) is 80.6 Å². The molecule has 0 saturated carbocycles. The molecule has 0 aromatic heterocycles. The van der Waals surface area contributed by atoms with Crippen molar-refractivity contribution in [3.8, 4) is 17.2 Å². The van der Waals surface area contributed by atoms with Crippen molar-refractivity contribution in [2.75, 3.05) is 35.1 Å². The van der Waals surface area contributed by atoms with E-state index in [1.54, 1.807) is 34.1 Å². The van der Waals surface area contributed by atoms with Crippen LogP contribution in [0.15, 0.2) is 91.0 Å². The first kappa shape index (κ1) is 47.4. The number of methoxy groups -OCH3 is 1. The van der Waals surface area contributed by atoms with Gasteiger partial charge < -0.3 is 33.9 Å². The zero-order valence-electron chi connectivity index (χ0n) is 38.1. The molecular weight excluding hydrogens is 927 g/mol. The van der Waals surface area contributed by atoms with Crippen LogP contribution in [-0.4, -0.2) is 77.5 Å². The molecule has 2 N–H and O–H groups in total. The predicted octanol–water partition coefficient (Wildman–Crippen LogP) is 7.64. The van der Waals surface area contributed by atoms with E-state index in [1.165, 1.54) is 7.11 Å². The lowest BCUT2D eigenvalue weighted by atomic mass is 9.91. The molecule has 0 saturated heterocycles. The molecule has 4 aliphatic rings. The SMILES string of the molecule is COc1cc2c(cc1OCc1cc(COc3cc4c(cc3C)C(=O)N3c5ccccc5C[C@H]3C(S(=O)(=O)OC)C4)cc(NC(=O)CCC(C)S)c1)CC(CS(=O)O)[C@@H]1Cc3ccccc3N1C2=O. The molecule has 6 atom stereocenters. The van der Waals surface area contributed by atoms with Crippen molar-refractivity contribution in [2.45, 2.75) is 88.2 Å². The number of fused-ring (bicyclic) bond motifs is 8. The fourth-order valence-corrected chi connectivity index (χ4v) is 12.3. The van der Waals surface area contributed by atoms with E-state index in [0.29, 0.717) is 93.3 Å². The first-order valence-electron chi connectivity index (χ1n) is 22.5. The summed E-state index contributed by atoms with van der Waals surface area (Å²) in [5.41, 5.74) is 7.98. The summed E-state index contributed by atoms with van der Waals surface area (Å²) in [4.78, 5) is 45.2. The second-order valence-corrected chi connectivity index (χ2v) is 21.8. The number of nitrogens with one attached hydrogen (secondary N) is 1. The molecule has 3 amide bonds. The van der Waals surface area contributed by atoms with Crippen molar-refractivity contribution >= 4 is 68.6 Å². The quantitative estimate of drug-likeness (QED) is 0.0534. The lowest BCUT2D eigenvalue weighted by Gasteiger charge is -2.28. The fraction of sp³-hybridized carbons (Fsp3) is 0.353. The second kappa shape index (κ2) is 19.3. The highest BCUT2D eigenvalue weighted by Gasteiger charge is 2.48. The molecule has 356 valence electrons. The Morgan fingerprint density at radius 2 is 1.35 bits per heavy atom. The Kier molecular flexibility index (Phi) is 13.5. The van der Waals surface area contributed by atoms with E-state index < -0.39 is 32.5 Å². The summed E-state index contributed by atoms with van der Waals surface area (Å²) in [5, 5.41) is 2.00. The minimum atomic E-state index is -4.08. The van der Waals surface area contributed by atoms with Crippen LogP contribution in [-0.2, 0) is 69.1 Å². The maximum Gasteiger partial charge on any atom is 0.272 e.